The summed E-state index contributed by atoms with van der Waals surface area (Å²) >= 11 is 0. The number of nitrogens with zero attached hydrogens (tertiary/aromatic N) is 1. The number of hydrogen-bond donors (Lipinski definition) is 2. The third-order valence-electron chi connectivity index (χ3n) is 9.44. The first-order valence-corrected chi connectivity index (χ1v) is 20.8. The van der Waals surface area contributed by atoms with Crippen LogP contribution in [-0.2, 0) is 19.3 Å². The highest BCUT2D eigenvalue weighted by molar-refractivity contribution is 6.00. The van der Waals surface area contributed by atoms with Gasteiger partial charge in [-0.15, -0.1) is 6.42 Å². The quantitative estimate of drug-likeness (QED) is 0.0658. The maximum absolute atomic E-state index is 5.56. The van der Waals surface area contributed by atoms with Crippen LogP contribution in [-0.4, -0.2) is 5.71 Å². The van der Waals surface area contributed by atoms with Gasteiger partial charge in [0.1, 0.15) is 0 Å². The summed E-state index contributed by atoms with van der Waals surface area (Å²) < 4.78 is 0. The van der Waals surface area contributed by atoms with Crippen molar-refractivity contribution in [3.63, 3.8) is 0 Å². The molecule has 3 nitrogen and oxygen atoms in total. The molecule has 0 radical (unpaired) electrons. The van der Waals surface area contributed by atoms with Crippen LogP contribution in [0.5, 0.6) is 0 Å². The second-order valence-corrected chi connectivity index (χ2v) is 14.3. The van der Waals surface area contributed by atoms with Gasteiger partial charge in [0.25, 0.3) is 0 Å². The molecule has 6 aromatic rings. The summed E-state index contributed by atoms with van der Waals surface area (Å²) in [5, 5.41) is 3.54. The molecule has 0 aromatic heterocycles. The van der Waals surface area contributed by atoms with E-state index < -0.39 is 0 Å². The minimum absolute atomic E-state index is 0. The molecule has 6 aromatic carbocycles. The molecule has 0 saturated carbocycles. The molecule has 3 heteroatoms. The number of nitrogens with one attached hydrogen (secondary N) is 1. The second kappa shape index (κ2) is 29.4. The predicted molar refractivity (Wildman–Crippen MR) is 257 cm³/mol. The monoisotopic (exact) mass is 772 g/mol. The molecule has 1 unspecified atom stereocenters. The van der Waals surface area contributed by atoms with Gasteiger partial charge >= 0.3 is 0 Å². The molecule has 3 N–H and O–H groups in total. The van der Waals surface area contributed by atoms with Crippen molar-refractivity contribution in [2.45, 2.75) is 106 Å². The molecule has 0 spiro atoms. The van der Waals surface area contributed by atoms with Crippen LogP contribution < -0.4 is 11.1 Å². The predicted octanol–water partition coefficient (Wildman–Crippen LogP) is 15.3. The van der Waals surface area contributed by atoms with Gasteiger partial charge in [-0.05, 0) is 129 Å². The fraction of sp³-hybridized carbons (Fsp3) is 0.291. The molecule has 0 bridgehead atoms. The van der Waals surface area contributed by atoms with E-state index in [2.05, 4.69) is 154 Å². The Bertz CT molecular complexity index is 1960. The Morgan fingerprint density at radius 1 is 0.586 bits per heavy atom. The Morgan fingerprint density at radius 2 is 1.00 bits per heavy atom. The summed E-state index contributed by atoms with van der Waals surface area (Å²) in [7, 11) is 0. The van der Waals surface area contributed by atoms with Crippen LogP contribution in [0.2, 0.25) is 0 Å². The second-order valence-electron chi connectivity index (χ2n) is 14.3. The fourth-order valence-corrected chi connectivity index (χ4v) is 5.88. The number of anilines is 2. The summed E-state index contributed by atoms with van der Waals surface area (Å²) in [4.78, 5) is 4.67. The normalized spacial score (nSPS) is 10.7. The van der Waals surface area contributed by atoms with Crippen molar-refractivity contribution in [2.24, 2.45) is 4.99 Å². The van der Waals surface area contributed by atoms with Gasteiger partial charge in [-0.1, -0.05) is 169 Å². The molecule has 0 fully saturated rings. The van der Waals surface area contributed by atoms with E-state index in [1.807, 2.05) is 60.7 Å². The zero-order valence-corrected chi connectivity index (χ0v) is 35.1. The van der Waals surface area contributed by atoms with Crippen LogP contribution in [0.3, 0.4) is 0 Å². The Hall–Kier alpha value is -5.85. The number of aryl methyl sites for hydroxylation is 3. The van der Waals surface area contributed by atoms with E-state index >= 15 is 0 Å². The lowest BCUT2D eigenvalue weighted by Crippen LogP contribution is -2.06. The zero-order chi connectivity index (χ0) is 40.9. The van der Waals surface area contributed by atoms with Gasteiger partial charge in [0.2, 0.25) is 0 Å². The van der Waals surface area contributed by atoms with Crippen molar-refractivity contribution in [3.8, 4) is 12.3 Å². The van der Waals surface area contributed by atoms with Gasteiger partial charge in [-0.25, -0.2) is 0 Å². The molecule has 6 rings (SSSR count). The average molecular weight is 772 g/mol. The maximum atomic E-state index is 5.56. The summed E-state index contributed by atoms with van der Waals surface area (Å²) in [6, 6.07) is 56.3. The first-order chi connectivity index (χ1) is 27.8. The highest BCUT2D eigenvalue weighted by Gasteiger charge is 2.04. The first-order valence-electron chi connectivity index (χ1n) is 20.8. The zero-order valence-electron chi connectivity index (χ0n) is 35.1. The molecule has 58 heavy (non-hydrogen) atoms. The lowest BCUT2D eigenvalue weighted by Gasteiger charge is -2.16. The van der Waals surface area contributed by atoms with Crippen molar-refractivity contribution in [3.05, 3.63) is 197 Å². The summed E-state index contributed by atoms with van der Waals surface area (Å²) in [6.07, 6.45) is 16.2. The van der Waals surface area contributed by atoms with Crippen molar-refractivity contribution in [1.82, 2.24) is 0 Å². The summed E-state index contributed by atoms with van der Waals surface area (Å²) in [5.74, 6) is 2.53. The number of terminal acetylenes is 1. The van der Waals surface area contributed by atoms with Crippen molar-refractivity contribution < 1.29 is 0 Å². The van der Waals surface area contributed by atoms with Gasteiger partial charge in [0, 0.05) is 28.7 Å². The molecule has 0 amide bonds. The van der Waals surface area contributed by atoms with E-state index in [1.165, 1.54) is 84.9 Å². The lowest BCUT2D eigenvalue weighted by molar-refractivity contribution is 0.795. The van der Waals surface area contributed by atoms with Gasteiger partial charge in [0.05, 0.1) is 5.69 Å². The summed E-state index contributed by atoms with van der Waals surface area (Å²) in [5.41, 5.74) is 17.3. The molecule has 1 atom stereocenters. The van der Waals surface area contributed by atoms with E-state index in [-0.39, 0.29) is 7.43 Å². The van der Waals surface area contributed by atoms with E-state index in [0.29, 0.717) is 6.04 Å². The van der Waals surface area contributed by atoms with Crippen LogP contribution in [0.4, 0.5) is 17.1 Å². The molecule has 304 valence electrons. The van der Waals surface area contributed by atoms with Crippen LogP contribution in [0, 0.1) is 12.3 Å². The van der Waals surface area contributed by atoms with E-state index in [4.69, 9.17) is 12.2 Å². The number of nitrogens with two attached hydrogens (primary N) is 1. The minimum Gasteiger partial charge on any atom is -0.399 e. The Morgan fingerprint density at radius 3 is 1.43 bits per heavy atom. The third kappa shape index (κ3) is 19.8. The van der Waals surface area contributed by atoms with Crippen LogP contribution in [0.15, 0.2) is 169 Å². The Balaban J connectivity index is 0.000000279. The molecule has 0 saturated heterocycles. The van der Waals surface area contributed by atoms with Gasteiger partial charge in [-0.2, -0.15) is 0 Å². The maximum Gasteiger partial charge on any atom is 0.0633 e. The number of rotatable bonds is 14. The van der Waals surface area contributed by atoms with E-state index in [9.17, 15) is 0 Å². The first kappa shape index (κ1) is 48.3. The Labute approximate surface area is 352 Å². The summed E-state index contributed by atoms with van der Waals surface area (Å²) in [6.45, 7) is 10.9. The fourth-order valence-electron chi connectivity index (χ4n) is 5.88. The smallest absolute Gasteiger partial charge is 0.0633 e. The van der Waals surface area contributed by atoms with Gasteiger partial charge in [-0.3, -0.25) is 4.99 Å². The topological polar surface area (TPSA) is 50.4 Å². The number of benzene rings is 6. The molecular formula is C55H69N3. The van der Waals surface area contributed by atoms with Crippen molar-refractivity contribution >= 4 is 22.8 Å². The molecule has 0 heterocycles. The number of nitrogen functional groups attached to an aromatic ring is 1. The lowest BCUT2D eigenvalue weighted by atomic mass is 10.1. The third-order valence-corrected chi connectivity index (χ3v) is 9.44. The molecule has 0 aliphatic heterocycles. The molecule has 0 aliphatic rings. The van der Waals surface area contributed by atoms with E-state index in [0.717, 1.165) is 29.1 Å². The minimum atomic E-state index is 0. The van der Waals surface area contributed by atoms with Crippen LogP contribution in [0.25, 0.3) is 0 Å². The van der Waals surface area contributed by atoms with Crippen molar-refractivity contribution in [2.75, 3.05) is 11.1 Å². The average Bonchev–Trinajstić information content (AvgIpc) is 3.27. The van der Waals surface area contributed by atoms with Gasteiger partial charge in [0.15, 0.2) is 0 Å². The highest BCUT2D eigenvalue weighted by Crippen LogP contribution is 2.20. The SMILES string of the molecule is C.C#Cc1ccccc1.CCCCc1ccc(N)cc1.CCCCc1ccc(N=C(C)c2ccccc2)cc1.CCCCc1ccc(NC(C)c2ccccc2)cc1. The Kier molecular flexibility index (Phi) is 24.5. The van der Waals surface area contributed by atoms with Crippen molar-refractivity contribution in [1.29, 1.82) is 0 Å². The van der Waals surface area contributed by atoms with Gasteiger partial charge < -0.3 is 11.1 Å². The van der Waals surface area contributed by atoms with Crippen LogP contribution >= 0.6 is 0 Å². The largest absolute Gasteiger partial charge is 0.399 e. The number of hydrogen-bond acceptors (Lipinski definition) is 3. The van der Waals surface area contributed by atoms with Crippen LogP contribution in [0.1, 0.15) is 120 Å². The molecule has 0 aliphatic carbocycles. The highest BCUT2D eigenvalue weighted by atomic mass is 14.9. The number of aliphatic imine (C=N–C) groups is 1. The number of unbranched alkanes of at least 4 members (excludes halogenated alkanes) is 3. The van der Waals surface area contributed by atoms with E-state index in [1.54, 1.807) is 0 Å². The molecular weight excluding hydrogens is 703 g/mol. The standard InChI is InChI=1S/C18H23N.C18H21N.C10H15N.C8H6.CH4/c2*1-3-4-8-16-11-13-18(14-12-16)19-15(2)17-9-6-5-7-10-17;1-2-3-4-9-5-7-10(11)8-6-9;1-2-8-6-4-3-5-7-8;/h5-7,9-15,19H,3-4,8H2,1-2H3;5-7,9-14H,3-4,8H2,1-2H3;5-8H,2-4,11H2,1H3;1,3-7H;1H4.